The Morgan fingerprint density at radius 1 is 1.32 bits per heavy atom. The lowest BCUT2D eigenvalue weighted by Crippen LogP contribution is -2.49. The number of nitrogens with one attached hydrogen (secondary N) is 1. The fourth-order valence-corrected chi connectivity index (χ4v) is 3.71. The fourth-order valence-electron chi connectivity index (χ4n) is 3.71. The number of carbonyl (C=O) groups excluding carboxylic acids is 1. The van der Waals surface area contributed by atoms with Crippen LogP contribution in [0.3, 0.4) is 0 Å². The van der Waals surface area contributed by atoms with E-state index in [4.69, 9.17) is 5.73 Å². The Balaban J connectivity index is 1.81. The van der Waals surface area contributed by atoms with Crippen molar-refractivity contribution in [1.29, 1.82) is 0 Å². The number of fused-ring (bicyclic) bond motifs is 1. The molecule has 2 aliphatic heterocycles. The van der Waals surface area contributed by atoms with E-state index in [1.54, 1.807) is 0 Å². The minimum atomic E-state index is 0.155. The van der Waals surface area contributed by atoms with Gasteiger partial charge in [-0.1, -0.05) is 13.0 Å². The van der Waals surface area contributed by atoms with Crippen molar-refractivity contribution in [2.24, 2.45) is 11.7 Å². The molecule has 4 nitrogen and oxygen atoms in total. The maximum atomic E-state index is 12.9. The average molecular weight is 301 g/mol. The number of hydrogen-bond acceptors (Lipinski definition) is 3. The molecular formula is C18H27N3O. The third-order valence-corrected chi connectivity index (χ3v) is 5.11. The van der Waals surface area contributed by atoms with E-state index in [0.717, 1.165) is 50.9 Å². The number of piperidine rings is 1. The van der Waals surface area contributed by atoms with E-state index in [2.05, 4.69) is 24.4 Å². The monoisotopic (exact) mass is 301 g/mol. The van der Waals surface area contributed by atoms with Crippen molar-refractivity contribution < 1.29 is 4.79 Å². The molecule has 120 valence electrons. The first kappa shape index (κ1) is 15.5. The summed E-state index contributed by atoms with van der Waals surface area (Å²) in [5.74, 6) is 0.818. The van der Waals surface area contributed by atoms with Crippen LogP contribution in [0.1, 0.15) is 41.3 Å². The third-order valence-electron chi connectivity index (χ3n) is 5.11. The molecule has 3 N–H and O–H groups in total. The molecule has 1 amide bonds. The van der Waals surface area contributed by atoms with Gasteiger partial charge in [-0.05, 0) is 68.0 Å². The molecule has 0 bridgehead atoms. The Kier molecular flexibility index (Phi) is 4.79. The van der Waals surface area contributed by atoms with Crippen molar-refractivity contribution in [2.75, 3.05) is 26.2 Å². The van der Waals surface area contributed by atoms with Gasteiger partial charge in [0, 0.05) is 24.7 Å². The Morgan fingerprint density at radius 3 is 2.86 bits per heavy atom. The number of hydrogen-bond donors (Lipinski definition) is 2. The smallest absolute Gasteiger partial charge is 0.254 e. The Labute approximate surface area is 133 Å². The van der Waals surface area contributed by atoms with Crippen LogP contribution in [0.2, 0.25) is 0 Å². The summed E-state index contributed by atoms with van der Waals surface area (Å²) in [5, 5.41) is 3.42. The van der Waals surface area contributed by atoms with Gasteiger partial charge in [-0.15, -0.1) is 0 Å². The lowest BCUT2D eigenvalue weighted by molar-refractivity contribution is 0.0573. The van der Waals surface area contributed by atoms with E-state index in [1.165, 1.54) is 11.1 Å². The summed E-state index contributed by atoms with van der Waals surface area (Å²) in [6.07, 6.45) is 4.17. The zero-order chi connectivity index (χ0) is 15.5. The predicted molar refractivity (Wildman–Crippen MR) is 89.0 cm³/mol. The number of likely N-dealkylation sites (tertiary alicyclic amines) is 1. The summed E-state index contributed by atoms with van der Waals surface area (Å²) in [5.41, 5.74) is 9.43. The quantitative estimate of drug-likeness (QED) is 0.872. The molecule has 1 aromatic carbocycles. The zero-order valence-corrected chi connectivity index (χ0v) is 13.5. The molecule has 2 heterocycles. The van der Waals surface area contributed by atoms with Crippen LogP contribution < -0.4 is 11.1 Å². The first-order chi connectivity index (χ1) is 10.7. The summed E-state index contributed by atoms with van der Waals surface area (Å²) < 4.78 is 0. The molecule has 0 radical (unpaired) electrons. The number of nitrogens with zero attached hydrogens (tertiary/aromatic N) is 1. The number of nitrogens with two attached hydrogens (primary N) is 1. The highest BCUT2D eigenvalue weighted by molar-refractivity contribution is 5.94. The van der Waals surface area contributed by atoms with Gasteiger partial charge in [-0.3, -0.25) is 4.79 Å². The zero-order valence-electron chi connectivity index (χ0n) is 13.5. The topological polar surface area (TPSA) is 58.4 Å². The van der Waals surface area contributed by atoms with Crippen molar-refractivity contribution >= 4 is 5.91 Å². The van der Waals surface area contributed by atoms with Gasteiger partial charge < -0.3 is 16.0 Å². The van der Waals surface area contributed by atoms with E-state index in [9.17, 15) is 4.79 Å². The van der Waals surface area contributed by atoms with Crippen LogP contribution in [0.5, 0.6) is 0 Å². The van der Waals surface area contributed by atoms with Crippen LogP contribution >= 0.6 is 0 Å². The molecule has 3 rings (SSSR count). The molecule has 2 atom stereocenters. The van der Waals surface area contributed by atoms with E-state index in [1.807, 2.05) is 11.0 Å². The molecule has 0 spiro atoms. The van der Waals surface area contributed by atoms with E-state index < -0.39 is 0 Å². The summed E-state index contributed by atoms with van der Waals surface area (Å²) in [6.45, 7) is 5.67. The maximum Gasteiger partial charge on any atom is 0.254 e. The maximum absolute atomic E-state index is 12.9. The summed E-state index contributed by atoms with van der Waals surface area (Å²) in [7, 11) is 0. The van der Waals surface area contributed by atoms with Gasteiger partial charge >= 0.3 is 0 Å². The number of carbonyl (C=O) groups is 1. The standard InChI is InChI=1S/C18H27N3O/c1-13-6-9-21(17(10-13)12-19)18(22)16-3-2-14-4-7-20-8-5-15(14)11-16/h2-3,11,13,17,20H,4-10,12,19H2,1H3. The normalized spacial score (nSPS) is 25.5. The molecule has 0 aliphatic carbocycles. The van der Waals surface area contributed by atoms with Crippen molar-refractivity contribution in [1.82, 2.24) is 10.2 Å². The van der Waals surface area contributed by atoms with Crippen LogP contribution in [0.25, 0.3) is 0 Å². The second-order valence-electron chi connectivity index (χ2n) is 6.75. The Morgan fingerprint density at radius 2 is 2.09 bits per heavy atom. The minimum Gasteiger partial charge on any atom is -0.334 e. The van der Waals surface area contributed by atoms with Crippen LogP contribution in [-0.2, 0) is 12.8 Å². The van der Waals surface area contributed by atoms with Crippen LogP contribution in [0.4, 0.5) is 0 Å². The highest BCUT2D eigenvalue weighted by atomic mass is 16.2. The molecule has 1 fully saturated rings. The summed E-state index contributed by atoms with van der Waals surface area (Å²) in [4.78, 5) is 14.9. The molecule has 1 saturated heterocycles. The second-order valence-corrected chi connectivity index (χ2v) is 6.75. The molecule has 0 aromatic heterocycles. The molecule has 22 heavy (non-hydrogen) atoms. The molecule has 2 unspecified atom stereocenters. The molecule has 4 heteroatoms. The Hall–Kier alpha value is -1.39. The summed E-state index contributed by atoms with van der Waals surface area (Å²) >= 11 is 0. The van der Waals surface area contributed by atoms with Gasteiger partial charge in [0.15, 0.2) is 0 Å². The largest absolute Gasteiger partial charge is 0.334 e. The summed E-state index contributed by atoms with van der Waals surface area (Å²) in [6, 6.07) is 6.44. The fraction of sp³-hybridized carbons (Fsp3) is 0.611. The van der Waals surface area contributed by atoms with Crippen molar-refractivity contribution in [3.05, 3.63) is 34.9 Å². The molecule has 2 aliphatic rings. The highest BCUT2D eigenvalue weighted by Crippen LogP contribution is 2.24. The SMILES string of the molecule is CC1CCN(C(=O)c2ccc3c(c2)CCNCC3)C(CN)C1. The van der Waals surface area contributed by atoms with Gasteiger partial charge in [-0.2, -0.15) is 0 Å². The van der Waals surface area contributed by atoms with Gasteiger partial charge in [0.2, 0.25) is 0 Å². The first-order valence-electron chi connectivity index (χ1n) is 8.52. The molecular weight excluding hydrogens is 274 g/mol. The minimum absolute atomic E-state index is 0.155. The van der Waals surface area contributed by atoms with Crippen molar-refractivity contribution in [2.45, 2.75) is 38.6 Å². The van der Waals surface area contributed by atoms with E-state index in [-0.39, 0.29) is 11.9 Å². The van der Waals surface area contributed by atoms with Gasteiger partial charge in [0.25, 0.3) is 5.91 Å². The molecule has 1 aromatic rings. The molecule has 0 saturated carbocycles. The Bertz CT molecular complexity index is 543. The van der Waals surface area contributed by atoms with Crippen LogP contribution in [-0.4, -0.2) is 43.0 Å². The van der Waals surface area contributed by atoms with Gasteiger partial charge in [0.1, 0.15) is 0 Å². The van der Waals surface area contributed by atoms with Gasteiger partial charge in [-0.25, -0.2) is 0 Å². The van der Waals surface area contributed by atoms with Crippen molar-refractivity contribution in [3.8, 4) is 0 Å². The van der Waals surface area contributed by atoms with Gasteiger partial charge in [0.05, 0.1) is 0 Å². The van der Waals surface area contributed by atoms with Crippen LogP contribution in [0, 0.1) is 5.92 Å². The lowest BCUT2D eigenvalue weighted by Gasteiger charge is -2.38. The first-order valence-corrected chi connectivity index (χ1v) is 8.52. The van der Waals surface area contributed by atoms with Crippen LogP contribution in [0.15, 0.2) is 18.2 Å². The second kappa shape index (κ2) is 6.80. The number of benzene rings is 1. The highest BCUT2D eigenvalue weighted by Gasteiger charge is 2.29. The predicted octanol–water partition coefficient (Wildman–Crippen LogP) is 1.57. The number of amides is 1. The number of rotatable bonds is 2. The van der Waals surface area contributed by atoms with E-state index in [0.29, 0.717) is 12.5 Å². The average Bonchev–Trinajstić information content (AvgIpc) is 2.78. The third kappa shape index (κ3) is 3.18. The van der Waals surface area contributed by atoms with Crippen molar-refractivity contribution in [3.63, 3.8) is 0 Å². The van der Waals surface area contributed by atoms with E-state index >= 15 is 0 Å². The lowest BCUT2D eigenvalue weighted by atomic mass is 9.91.